The number of rotatable bonds is 4. The van der Waals surface area contributed by atoms with Crippen molar-refractivity contribution in [2.24, 2.45) is 0 Å². The number of carboxylic acid groups (broad SMARTS) is 1. The molecule has 0 atom stereocenters. The third kappa shape index (κ3) is 4.49. The highest BCUT2D eigenvalue weighted by Crippen LogP contribution is 2.34. The van der Waals surface area contributed by atoms with Gasteiger partial charge in [0.2, 0.25) is 0 Å². The summed E-state index contributed by atoms with van der Waals surface area (Å²) in [7, 11) is 0. The lowest BCUT2D eigenvalue weighted by Crippen LogP contribution is -1.90. The molecule has 0 aromatic heterocycles. The number of ether oxygens (including phenoxy) is 1. The molecule has 0 amide bonds. The Kier molecular flexibility index (Phi) is 5.28. The van der Waals surface area contributed by atoms with Crippen molar-refractivity contribution in [3.63, 3.8) is 0 Å². The van der Waals surface area contributed by atoms with Crippen molar-refractivity contribution in [2.75, 3.05) is 0 Å². The van der Waals surface area contributed by atoms with E-state index in [0.717, 1.165) is 10.5 Å². The number of carbonyl (C=O) groups is 1. The second-order valence-electron chi connectivity index (χ2n) is 4.03. The van der Waals surface area contributed by atoms with Gasteiger partial charge in [-0.2, -0.15) is 0 Å². The molecule has 0 fully saturated rings. The van der Waals surface area contributed by atoms with Crippen LogP contribution in [0.25, 0.3) is 6.08 Å². The predicted octanol–water partition coefficient (Wildman–Crippen LogP) is 5.65. The summed E-state index contributed by atoms with van der Waals surface area (Å²) >= 11 is 15.3. The number of benzene rings is 2. The molecule has 2 rings (SSSR count). The van der Waals surface area contributed by atoms with Gasteiger partial charge in [0, 0.05) is 21.1 Å². The largest absolute Gasteiger partial charge is 0.478 e. The van der Waals surface area contributed by atoms with E-state index in [1.54, 1.807) is 36.4 Å². The van der Waals surface area contributed by atoms with Gasteiger partial charge in [-0.3, -0.25) is 0 Å². The number of hydrogen-bond acceptors (Lipinski definition) is 2. The Bertz CT molecular complexity index is 714. The van der Waals surface area contributed by atoms with Gasteiger partial charge in [0.1, 0.15) is 11.5 Å². The minimum atomic E-state index is -1.05. The average Bonchev–Trinajstić information content (AvgIpc) is 2.43. The monoisotopic (exact) mass is 386 g/mol. The molecule has 2 aromatic rings. The maximum Gasteiger partial charge on any atom is 0.328 e. The second kappa shape index (κ2) is 6.98. The molecule has 0 aliphatic heterocycles. The van der Waals surface area contributed by atoms with Crippen LogP contribution in [-0.4, -0.2) is 11.1 Å². The third-order valence-electron chi connectivity index (χ3n) is 2.49. The normalized spacial score (nSPS) is 10.8. The molecule has 0 spiro atoms. The van der Waals surface area contributed by atoms with Crippen molar-refractivity contribution in [1.29, 1.82) is 0 Å². The maximum atomic E-state index is 10.6. The fourth-order valence-electron chi connectivity index (χ4n) is 1.58. The fourth-order valence-corrected chi connectivity index (χ4v) is 2.25. The summed E-state index contributed by atoms with van der Waals surface area (Å²) in [5, 5.41) is 9.64. The van der Waals surface area contributed by atoms with Gasteiger partial charge in [-0.15, -0.1) is 0 Å². The summed E-state index contributed by atoms with van der Waals surface area (Å²) in [4.78, 5) is 10.6. The van der Waals surface area contributed by atoms with Crippen LogP contribution < -0.4 is 4.74 Å². The van der Waals surface area contributed by atoms with E-state index >= 15 is 0 Å². The molecule has 0 bridgehead atoms. The molecule has 2 aromatic carbocycles. The maximum absolute atomic E-state index is 10.6. The topological polar surface area (TPSA) is 46.5 Å². The molecule has 108 valence electrons. The van der Waals surface area contributed by atoms with Crippen molar-refractivity contribution < 1.29 is 14.6 Å². The quantitative estimate of drug-likeness (QED) is 0.690. The van der Waals surface area contributed by atoms with Gasteiger partial charge in [0.05, 0.1) is 5.02 Å². The van der Waals surface area contributed by atoms with Gasteiger partial charge < -0.3 is 9.84 Å². The van der Waals surface area contributed by atoms with E-state index in [2.05, 4.69) is 15.9 Å². The SMILES string of the molecule is O=C(O)/C=C/c1cc(Cl)ccc1Oc1cc(Br)ccc1Cl. The fraction of sp³-hybridized carbons (Fsp3) is 0. The first-order valence-corrected chi connectivity index (χ1v) is 7.34. The minimum absolute atomic E-state index is 0.446. The van der Waals surface area contributed by atoms with E-state index in [0.29, 0.717) is 27.1 Å². The summed E-state index contributed by atoms with van der Waals surface area (Å²) in [5.41, 5.74) is 0.543. The van der Waals surface area contributed by atoms with Crippen molar-refractivity contribution >= 4 is 51.2 Å². The van der Waals surface area contributed by atoms with Crippen LogP contribution in [0.3, 0.4) is 0 Å². The number of carboxylic acids is 1. The van der Waals surface area contributed by atoms with Crippen molar-refractivity contribution in [3.05, 3.63) is 62.6 Å². The molecule has 0 unspecified atom stereocenters. The highest BCUT2D eigenvalue weighted by molar-refractivity contribution is 9.10. The molecule has 1 N–H and O–H groups in total. The van der Waals surface area contributed by atoms with Gasteiger partial charge in [0.15, 0.2) is 0 Å². The van der Waals surface area contributed by atoms with Crippen LogP contribution in [0.2, 0.25) is 10.0 Å². The van der Waals surface area contributed by atoms with Crippen LogP contribution >= 0.6 is 39.1 Å². The zero-order valence-electron chi connectivity index (χ0n) is 10.5. The number of halogens is 3. The Hall–Kier alpha value is -1.49. The highest BCUT2D eigenvalue weighted by Gasteiger charge is 2.08. The summed E-state index contributed by atoms with van der Waals surface area (Å²) in [6.07, 6.45) is 2.43. The molecule has 21 heavy (non-hydrogen) atoms. The zero-order chi connectivity index (χ0) is 15.4. The third-order valence-corrected chi connectivity index (χ3v) is 3.53. The lowest BCUT2D eigenvalue weighted by Gasteiger charge is -2.11. The number of aliphatic carboxylic acids is 1. The molecular formula is C15H9BrCl2O3. The molecular weight excluding hydrogens is 379 g/mol. The van der Waals surface area contributed by atoms with E-state index in [4.69, 9.17) is 33.0 Å². The highest BCUT2D eigenvalue weighted by atomic mass is 79.9. The molecule has 0 saturated heterocycles. The Morgan fingerprint density at radius 2 is 1.90 bits per heavy atom. The molecule has 0 radical (unpaired) electrons. The standard InChI is InChI=1S/C15H9BrCl2O3/c16-10-2-4-12(18)14(8-10)21-13-5-3-11(17)7-9(13)1-6-15(19)20/h1-8H,(H,19,20)/b6-1+. The molecule has 3 nitrogen and oxygen atoms in total. The lowest BCUT2D eigenvalue weighted by atomic mass is 10.2. The first-order valence-electron chi connectivity index (χ1n) is 5.79. The smallest absolute Gasteiger partial charge is 0.328 e. The molecule has 0 heterocycles. The van der Waals surface area contributed by atoms with Crippen molar-refractivity contribution in [3.8, 4) is 11.5 Å². The second-order valence-corrected chi connectivity index (χ2v) is 5.79. The van der Waals surface area contributed by atoms with Gasteiger partial charge in [-0.05, 0) is 42.5 Å². The van der Waals surface area contributed by atoms with Gasteiger partial charge >= 0.3 is 5.97 Å². The minimum Gasteiger partial charge on any atom is -0.478 e. The average molecular weight is 388 g/mol. The Labute approximate surface area is 139 Å². The van der Waals surface area contributed by atoms with E-state index in [9.17, 15) is 4.79 Å². The van der Waals surface area contributed by atoms with Crippen LogP contribution in [0.4, 0.5) is 0 Å². The van der Waals surface area contributed by atoms with Crippen LogP contribution in [0, 0.1) is 0 Å². The Morgan fingerprint density at radius 3 is 2.62 bits per heavy atom. The Balaban J connectivity index is 2.39. The first kappa shape index (κ1) is 15.9. The van der Waals surface area contributed by atoms with Crippen LogP contribution in [0.15, 0.2) is 46.9 Å². The van der Waals surface area contributed by atoms with Crippen molar-refractivity contribution in [1.82, 2.24) is 0 Å². The summed E-state index contributed by atoms with van der Waals surface area (Å²) in [5.74, 6) is -0.142. The molecule has 0 saturated carbocycles. The summed E-state index contributed by atoms with van der Waals surface area (Å²) in [6.45, 7) is 0. The summed E-state index contributed by atoms with van der Waals surface area (Å²) in [6, 6.07) is 10.1. The van der Waals surface area contributed by atoms with Gasteiger partial charge in [-0.1, -0.05) is 39.1 Å². The van der Waals surface area contributed by atoms with Crippen LogP contribution in [0.5, 0.6) is 11.5 Å². The van der Waals surface area contributed by atoms with Gasteiger partial charge in [-0.25, -0.2) is 4.79 Å². The molecule has 6 heteroatoms. The lowest BCUT2D eigenvalue weighted by molar-refractivity contribution is -0.131. The van der Waals surface area contributed by atoms with Crippen LogP contribution in [-0.2, 0) is 4.79 Å². The van der Waals surface area contributed by atoms with Crippen LogP contribution in [0.1, 0.15) is 5.56 Å². The first-order chi connectivity index (χ1) is 9.95. The summed E-state index contributed by atoms with van der Waals surface area (Å²) < 4.78 is 6.56. The van der Waals surface area contributed by atoms with Gasteiger partial charge in [0.25, 0.3) is 0 Å². The van der Waals surface area contributed by atoms with E-state index in [-0.39, 0.29) is 0 Å². The Morgan fingerprint density at radius 1 is 1.14 bits per heavy atom. The van der Waals surface area contributed by atoms with E-state index in [1.165, 1.54) is 6.08 Å². The van der Waals surface area contributed by atoms with E-state index < -0.39 is 5.97 Å². The predicted molar refractivity (Wildman–Crippen MR) is 87.3 cm³/mol. The number of hydrogen-bond donors (Lipinski definition) is 1. The molecule has 0 aliphatic carbocycles. The molecule has 0 aliphatic rings. The van der Waals surface area contributed by atoms with Crippen molar-refractivity contribution in [2.45, 2.75) is 0 Å². The zero-order valence-corrected chi connectivity index (χ0v) is 13.6. The van der Waals surface area contributed by atoms with E-state index in [1.807, 2.05) is 0 Å².